The maximum atomic E-state index is 12.0. The van der Waals surface area contributed by atoms with E-state index in [1.165, 1.54) is 7.11 Å². The molecule has 0 unspecified atom stereocenters. The lowest BCUT2D eigenvalue weighted by Gasteiger charge is -2.08. The minimum atomic E-state index is -0.428. The summed E-state index contributed by atoms with van der Waals surface area (Å²) in [5.74, 6) is -0.428. The number of rotatable bonds is 3. The zero-order valence-corrected chi connectivity index (χ0v) is 13.0. The number of H-pyrrole nitrogens is 1. The monoisotopic (exact) mass is 314 g/mol. The van der Waals surface area contributed by atoms with Crippen LogP contribution >= 0.6 is 11.6 Å². The quantitative estimate of drug-likeness (QED) is 0.691. The lowest BCUT2D eigenvalue weighted by molar-refractivity contribution is 0.0596. The molecule has 5 heteroatoms. The molecule has 0 amide bonds. The highest BCUT2D eigenvalue weighted by molar-refractivity contribution is 6.31. The highest BCUT2D eigenvalue weighted by Gasteiger charge is 2.18. The van der Waals surface area contributed by atoms with E-state index in [-0.39, 0.29) is 0 Å². The number of fused-ring (bicyclic) bond motifs is 1. The first kappa shape index (κ1) is 14.5. The molecule has 0 aliphatic rings. The molecule has 0 atom stereocenters. The summed E-state index contributed by atoms with van der Waals surface area (Å²) >= 11 is 6.08. The average molecular weight is 315 g/mol. The van der Waals surface area contributed by atoms with Crippen LogP contribution in [0.25, 0.3) is 10.9 Å². The van der Waals surface area contributed by atoms with Crippen LogP contribution in [0.5, 0.6) is 0 Å². The van der Waals surface area contributed by atoms with Gasteiger partial charge in [-0.3, -0.25) is 0 Å². The van der Waals surface area contributed by atoms with Crippen LogP contribution in [0.1, 0.15) is 16.1 Å². The number of benzene rings is 2. The van der Waals surface area contributed by atoms with E-state index in [0.717, 1.165) is 22.2 Å². The largest absolute Gasteiger partial charge is 0.464 e. The van der Waals surface area contributed by atoms with Gasteiger partial charge in [0.2, 0.25) is 0 Å². The Morgan fingerprint density at radius 3 is 2.77 bits per heavy atom. The Morgan fingerprint density at radius 2 is 2.05 bits per heavy atom. The van der Waals surface area contributed by atoms with Gasteiger partial charge in [0, 0.05) is 21.6 Å². The maximum Gasteiger partial charge on any atom is 0.356 e. The third-order valence-corrected chi connectivity index (χ3v) is 3.67. The Balaban J connectivity index is 2.16. The average Bonchev–Trinajstić information content (AvgIpc) is 2.85. The van der Waals surface area contributed by atoms with Gasteiger partial charge in [-0.05, 0) is 42.8 Å². The van der Waals surface area contributed by atoms with Crippen molar-refractivity contribution in [1.29, 1.82) is 0 Å². The summed E-state index contributed by atoms with van der Waals surface area (Å²) < 4.78 is 4.85. The van der Waals surface area contributed by atoms with Crippen LogP contribution in [0.15, 0.2) is 42.5 Å². The fraction of sp³-hybridized carbons (Fsp3) is 0.118. The zero-order valence-electron chi connectivity index (χ0n) is 12.2. The van der Waals surface area contributed by atoms with Crippen molar-refractivity contribution >= 4 is 39.8 Å². The topological polar surface area (TPSA) is 54.1 Å². The molecular weight excluding hydrogens is 300 g/mol. The van der Waals surface area contributed by atoms with Crippen LogP contribution in [-0.2, 0) is 4.74 Å². The second-order valence-electron chi connectivity index (χ2n) is 5.05. The molecule has 2 aromatic carbocycles. The van der Waals surface area contributed by atoms with E-state index in [1.54, 1.807) is 6.07 Å². The van der Waals surface area contributed by atoms with Crippen LogP contribution in [0.3, 0.4) is 0 Å². The summed E-state index contributed by atoms with van der Waals surface area (Å²) in [6, 6.07) is 13.3. The van der Waals surface area contributed by atoms with Gasteiger partial charge in [-0.25, -0.2) is 4.79 Å². The van der Waals surface area contributed by atoms with Gasteiger partial charge < -0.3 is 15.0 Å². The minimum absolute atomic E-state index is 0.376. The SMILES string of the molecule is COC(=O)c1[nH]c2ccc(Cl)cc2c1Nc1cccc(C)c1. The number of aryl methyl sites for hydroxylation is 1. The van der Waals surface area contributed by atoms with Gasteiger partial charge in [0.25, 0.3) is 0 Å². The highest BCUT2D eigenvalue weighted by Crippen LogP contribution is 2.33. The molecule has 0 saturated heterocycles. The summed E-state index contributed by atoms with van der Waals surface area (Å²) in [4.78, 5) is 15.1. The molecule has 1 heterocycles. The van der Waals surface area contributed by atoms with E-state index in [1.807, 2.05) is 43.3 Å². The number of carbonyl (C=O) groups is 1. The summed E-state index contributed by atoms with van der Waals surface area (Å²) in [6.45, 7) is 2.01. The number of anilines is 2. The Bertz CT molecular complexity index is 855. The van der Waals surface area contributed by atoms with E-state index in [9.17, 15) is 4.79 Å². The van der Waals surface area contributed by atoms with Crippen molar-refractivity contribution < 1.29 is 9.53 Å². The molecule has 1 aromatic heterocycles. The van der Waals surface area contributed by atoms with Gasteiger partial charge in [0.15, 0.2) is 0 Å². The summed E-state index contributed by atoms with van der Waals surface area (Å²) in [5, 5.41) is 4.74. The Kier molecular flexibility index (Phi) is 3.77. The molecule has 0 saturated carbocycles. The van der Waals surface area contributed by atoms with Crippen molar-refractivity contribution in [2.75, 3.05) is 12.4 Å². The molecule has 4 nitrogen and oxygen atoms in total. The number of hydrogen-bond donors (Lipinski definition) is 2. The third kappa shape index (κ3) is 2.65. The van der Waals surface area contributed by atoms with Crippen LogP contribution in [0.2, 0.25) is 5.02 Å². The van der Waals surface area contributed by atoms with Gasteiger partial charge in [0.1, 0.15) is 5.69 Å². The predicted molar refractivity (Wildman–Crippen MR) is 89.1 cm³/mol. The Labute approximate surface area is 133 Å². The van der Waals surface area contributed by atoms with Gasteiger partial charge in [-0.1, -0.05) is 23.7 Å². The van der Waals surface area contributed by atoms with Crippen molar-refractivity contribution in [3.63, 3.8) is 0 Å². The van der Waals surface area contributed by atoms with Crippen LogP contribution in [0.4, 0.5) is 11.4 Å². The van der Waals surface area contributed by atoms with Gasteiger partial charge in [-0.15, -0.1) is 0 Å². The summed E-state index contributed by atoms with van der Waals surface area (Å²) in [7, 11) is 1.36. The summed E-state index contributed by atoms with van der Waals surface area (Å²) in [6.07, 6.45) is 0. The smallest absolute Gasteiger partial charge is 0.356 e. The predicted octanol–water partition coefficient (Wildman–Crippen LogP) is 4.66. The van der Waals surface area contributed by atoms with Crippen molar-refractivity contribution in [2.45, 2.75) is 6.92 Å². The van der Waals surface area contributed by atoms with Gasteiger partial charge in [0.05, 0.1) is 12.8 Å². The zero-order chi connectivity index (χ0) is 15.7. The van der Waals surface area contributed by atoms with E-state index in [4.69, 9.17) is 16.3 Å². The highest BCUT2D eigenvalue weighted by atomic mass is 35.5. The number of methoxy groups -OCH3 is 1. The second kappa shape index (κ2) is 5.73. The molecule has 112 valence electrons. The third-order valence-electron chi connectivity index (χ3n) is 3.44. The lowest BCUT2D eigenvalue weighted by atomic mass is 10.2. The van der Waals surface area contributed by atoms with Crippen molar-refractivity contribution in [3.8, 4) is 0 Å². The van der Waals surface area contributed by atoms with E-state index in [0.29, 0.717) is 16.4 Å². The van der Waals surface area contributed by atoms with E-state index < -0.39 is 5.97 Å². The van der Waals surface area contributed by atoms with Crippen molar-refractivity contribution in [1.82, 2.24) is 4.98 Å². The number of nitrogens with one attached hydrogen (secondary N) is 2. The minimum Gasteiger partial charge on any atom is -0.464 e. The van der Waals surface area contributed by atoms with Crippen LogP contribution in [0, 0.1) is 6.92 Å². The second-order valence-corrected chi connectivity index (χ2v) is 5.49. The fourth-order valence-electron chi connectivity index (χ4n) is 2.42. The standard InChI is InChI=1S/C17H15ClN2O2/c1-10-4-3-5-12(8-10)19-15-13-9-11(18)6-7-14(13)20-16(15)17(21)22-2/h3-9,19-20H,1-2H3. The number of aromatic nitrogens is 1. The maximum absolute atomic E-state index is 12.0. The fourth-order valence-corrected chi connectivity index (χ4v) is 2.59. The molecule has 0 aliphatic heterocycles. The van der Waals surface area contributed by atoms with E-state index >= 15 is 0 Å². The number of esters is 1. The molecule has 0 aliphatic carbocycles. The molecule has 0 spiro atoms. The van der Waals surface area contributed by atoms with E-state index in [2.05, 4.69) is 10.3 Å². The van der Waals surface area contributed by atoms with Gasteiger partial charge >= 0.3 is 5.97 Å². The normalized spacial score (nSPS) is 10.7. The molecule has 3 rings (SSSR count). The number of aromatic amines is 1. The first-order valence-corrected chi connectivity index (χ1v) is 7.19. The first-order chi connectivity index (χ1) is 10.6. The van der Waals surface area contributed by atoms with Crippen molar-refractivity contribution in [2.24, 2.45) is 0 Å². The molecular formula is C17H15ClN2O2. The van der Waals surface area contributed by atoms with Gasteiger partial charge in [-0.2, -0.15) is 0 Å². The Hall–Kier alpha value is -2.46. The molecule has 22 heavy (non-hydrogen) atoms. The van der Waals surface area contributed by atoms with Crippen molar-refractivity contribution in [3.05, 3.63) is 58.7 Å². The van der Waals surface area contributed by atoms with Crippen LogP contribution in [-0.4, -0.2) is 18.1 Å². The number of hydrogen-bond acceptors (Lipinski definition) is 3. The van der Waals surface area contributed by atoms with Crippen LogP contribution < -0.4 is 5.32 Å². The molecule has 0 radical (unpaired) electrons. The molecule has 0 fully saturated rings. The summed E-state index contributed by atoms with van der Waals surface area (Å²) in [5.41, 5.74) is 3.88. The number of ether oxygens (including phenoxy) is 1. The molecule has 0 bridgehead atoms. The first-order valence-electron chi connectivity index (χ1n) is 6.81. The number of carbonyl (C=O) groups excluding carboxylic acids is 1. The Morgan fingerprint density at radius 1 is 1.23 bits per heavy atom. The lowest BCUT2D eigenvalue weighted by Crippen LogP contribution is -2.05. The molecule has 2 N–H and O–H groups in total. The molecule has 3 aromatic rings. The number of halogens is 1.